The van der Waals surface area contributed by atoms with E-state index in [9.17, 15) is 86.2 Å². The van der Waals surface area contributed by atoms with Crippen molar-refractivity contribution in [3.05, 3.63) is 144 Å². The standard InChI is InChI=1S/C68H88N12O25/c1-30(32-11-5-2-6-12-32)45-61(97)74-37(21-31-17-19-35(20-18-31)101-65-57(94)54(91)58(42(27-83)103-65)105-66-56(93)53(90)51(88)43(104-66)29-100-28-36(33-13-7-3-8-14-33)34-15-9-4-10-16-34)60(96)78-46(48(85)38-22-72-67(69)76-38)63(99)79-47(62(98)75-39(25-81)59(95)71-24-44(84)77-45)49(86)40-23-73-68(70)80(40)64-55(92)52(89)50(87)41(26-82)102-64/h2-20,28,30,37-43,45-58,64-66,81-83,85-94H,21-27,29H2,1H3,(H11,69,70,71,72,73,74,75,76,77,78,79,84,95,96,97,98,99)/p+2/t30-,37-,38+,39?,40+,41+,42-,43+,45-,46+,47-,48-,49-,50+,51+,52+,53+,54+,55+,56+,57-,58+,64-,65-,66+/m1/s1. The second-order valence-electron chi connectivity index (χ2n) is 26.1. The summed E-state index contributed by atoms with van der Waals surface area (Å²) < 4.78 is 36.3. The number of guanidine groups is 2. The summed E-state index contributed by atoms with van der Waals surface area (Å²) in [5.41, 5.74) is 15.3. The summed E-state index contributed by atoms with van der Waals surface area (Å²) in [7, 11) is 0. The first-order valence-corrected chi connectivity index (χ1v) is 33.8. The van der Waals surface area contributed by atoms with E-state index >= 15 is 9.59 Å². The number of nitrogens with zero attached hydrogens (tertiary/aromatic N) is 2. The maximum atomic E-state index is 15.2. The smallest absolute Gasteiger partial charge is 0.358 e. The Labute approximate surface area is 599 Å². The quantitative estimate of drug-likeness (QED) is 0.0272. The number of rotatable bonds is 21. The van der Waals surface area contributed by atoms with Gasteiger partial charge >= 0.3 is 17.8 Å². The molecule has 3 saturated heterocycles. The van der Waals surface area contributed by atoms with Gasteiger partial charge in [-0.25, -0.2) is 9.57 Å². The van der Waals surface area contributed by atoms with E-state index in [1.165, 1.54) is 30.5 Å². The lowest BCUT2D eigenvalue weighted by molar-refractivity contribution is -0.663. The second kappa shape index (κ2) is 35.3. The van der Waals surface area contributed by atoms with Gasteiger partial charge in [0.05, 0.1) is 32.6 Å². The maximum Gasteiger partial charge on any atom is 0.358 e. The van der Waals surface area contributed by atoms with Gasteiger partial charge in [-0.2, -0.15) is 0 Å². The Morgan fingerprint density at radius 3 is 1.83 bits per heavy atom. The molecule has 6 aliphatic heterocycles. The highest BCUT2D eigenvalue weighted by atomic mass is 16.7. The highest BCUT2D eigenvalue weighted by Gasteiger charge is 2.55. The minimum atomic E-state index is -2.30. The minimum absolute atomic E-state index is 0.0668. The van der Waals surface area contributed by atoms with Gasteiger partial charge in [0.1, 0.15) is 141 Å². The van der Waals surface area contributed by atoms with Crippen LogP contribution >= 0.6 is 0 Å². The van der Waals surface area contributed by atoms with E-state index in [1.54, 1.807) is 37.3 Å². The maximum absolute atomic E-state index is 15.2. The number of nitrogens with two attached hydrogens (primary N) is 2. The Morgan fingerprint density at radius 1 is 0.638 bits per heavy atom. The Bertz CT molecular complexity index is 3710. The fraction of sp³-hybridized carbons (Fsp3) is 0.500. The number of carbonyl (C=O) groups excluding carboxylic acids is 4. The van der Waals surface area contributed by atoms with Crippen molar-refractivity contribution < 1.29 is 139 Å². The van der Waals surface area contributed by atoms with Crippen molar-refractivity contribution in [3.63, 3.8) is 0 Å². The number of hydrogen-bond donors (Lipinski definition) is 24. The third-order valence-corrected chi connectivity index (χ3v) is 19.0. The van der Waals surface area contributed by atoms with Gasteiger partial charge in [-0.15, -0.1) is 0 Å². The van der Waals surface area contributed by atoms with Gasteiger partial charge in [0.15, 0.2) is 18.9 Å². The number of benzene rings is 4. The van der Waals surface area contributed by atoms with E-state index in [0.29, 0.717) is 11.1 Å². The normalized spacial score (nSPS) is 33.9. The summed E-state index contributed by atoms with van der Waals surface area (Å²) in [4.78, 5) is 69.3. The zero-order chi connectivity index (χ0) is 75.5. The van der Waals surface area contributed by atoms with Crippen LogP contribution in [0.3, 0.4) is 0 Å². The lowest BCUT2D eigenvalue weighted by Crippen LogP contribution is -2.80. The number of aliphatic hydroxyl groups is 14. The Balaban J connectivity index is 0.909. The molecule has 105 heavy (non-hydrogen) atoms. The Morgan fingerprint density at radius 2 is 1.21 bits per heavy atom. The van der Waals surface area contributed by atoms with Crippen LogP contribution in [0.4, 0.5) is 0 Å². The molecule has 0 spiro atoms. The molecule has 0 radical (unpaired) electrons. The lowest BCUT2D eigenvalue weighted by Gasteiger charge is -2.46. The van der Waals surface area contributed by atoms with Crippen molar-refractivity contribution in [2.75, 3.05) is 46.1 Å². The average Bonchev–Trinajstić information content (AvgIpc) is 1.39. The van der Waals surface area contributed by atoms with Crippen LogP contribution in [-0.4, -0.2) is 316 Å². The van der Waals surface area contributed by atoms with Crippen LogP contribution in [0.15, 0.2) is 127 Å². The largest absolute Gasteiger partial charge is 0.858 e. The first kappa shape index (κ1) is 78.5. The van der Waals surface area contributed by atoms with Crippen molar-refractivity contribution in [3.8, 4) is 5.75 Å². The van der Waals surface area contributed by atoms with Gasteiger partial charge in [-0.3, -0.25) is 51.3 Å². The molecule has 26 N–H and O–H groups in total. The molecular weight excluding hydrogens is 1380 g/mol. The molecule has 25 atom stereocenters. The molecule has 0 aliphatic carbocycles. The van der Waals surface area contributed by atoms with Gasteiger partial charge in [0.2, 0.25) is 36.1 Å². The third-order valence-electron chi connectivity index (χ3n) is 19.0. The van der Waals surface area contributed by atoms with Crippen LogP contribution in [0, 0.1) is 0 Å². The highest BCUT2D eigenvalue weighted by Crippen LogP contribution is 2.33. The van der Waals surface area contributed by atoms with Crippen LogP contribution in [0.2, 0.25) is 0 Å². The predicted molar refractivity (Wildman–Crippen MR) is 359 cm³/mol. The summed E-state index contributed by atoms with van der Waals surface area (Å²) in [5, 5.41) is 185. The third kappa shape index (κ3) is 18.2. The van der Waals surface area contributed by atoms with Crippen molar-refractivity contribution in [2.45, 2.75) is 166 Å². The molecular formula is C68H90N12O25+2. The molecule has 0 aromatic heterocycles. The lowest BCUT2D eigenvalue weighted by atomic mass is 9.92. The van der Waals surface area contributed by atoms with E-state index in [-0.39, 0.29) is 36.4 Å². The van der Waals surface area contributed by atoms with Crippen LogP contribution in [0.25, 0.3) is 5.57 Å². The van der Waals surface area contributed by atoms with Crippen molar-refractivity contribution in [1.29, 1.82) is 0 Å². The molecule has 570 valence electrons. The number of carbonyl (C=O) groups is 4. The zero-order valence-electron chi connectivity index (χ0n) is 56.4. The van der Waals surface area contributed by atoms with Gasteiger partial charge in [0.25, 0.3) is 0 Å². The molecule has 37 heteroatoms. The van der Waals surface area contributed by atoms with Crippen molar-refractivity contribution in [2.24, 2.45) is 16.5 Å². The van der Waals surface area contributed by atoms with Gasteiger partial charge < -0.3 is 126 Å². The summed E-state index contributed by atoms with van der Waals surface area (Å²) in [6.07, 6.45) is -30.0. The predicted octanol–water partition coefficient (Wildman–Crippen LogP) is -13.6. The minimum Gasteiger partial charge on any atom is -0.858 e. The number of aliphatic imine (C=N–C) groups is 1. The monoisotopic (exact) mass is 1470 g/mol. The van der Waals surface area contributed by atoms with Gasteiger partial charge in [-0.05, 0) is 34.4 Å². The Kier molecular flexibility index (Phi) is 26.4. The molecule has 1 unspecified atom stereocenters. The number of ether oxygens (including phenoxy) is 6. The van der Waals surface area contributed by atoms with Crippen LogP contribution < -0.4 is 63.2 Å². The molecule has 6 aliphatic rings. The van der Waals surface area contributed by atoms with Crippen molar-refractivity contribution in [1.82, 2.24) is 31.9 Å². The van der Waals surface area contributed by atoms with Gasteiger partial charge in [0, 0.05) is 23.8 Å². The topological polar surface area (TPSA) is 597 Å². The first-order chi connectivity index (χ1) is 50.3. The fourth-order valence-electron chi connectivity index (χ4n) is 13.0. The number of amides is 4. The van der Waals surface area contributed by atoms with Crippen LogP contribution in [0.1, 0.15) is 35.1 Å². The van der Waals surface area contributed by atoms with Crippen LogP contribution in [-0.2, 0) is 49.3 Å². The second-order valence-corrected chi connectivity index (χ2v) is 26.1. The fourth-order valence-corrected chi connectivity index (χ4v) is 13.0. The average molecular weight is 1480 g/mol. The molecule has 4 amide bonds. The van der Waals surface area contributed by atoms with E-state index in [0.717, 1.165) is 15.7 Å². The van der Waals surface area contributed by atoms with Gasteiger partial charge in [-0.1, -0.05) is 110 Å². The molecule has 0 saturated carbocycles. The number of nitrogens with one attached hydrogen (secondary N) is 8. The van der Waals surface area contributed by atoms with E-state index < -0.39 is 227 Å². The number of hydrogen-bond acceptors (Lipinski definition) is 29. The SMILES string of the molecule is C[C@H](c1ccccc1)[C@H]1N=C([O-])C[NH+]=C(O)C(CO)NC(=O)[C@@H]([C@H](O)[C@@H]2CNC(N)=[N+]2[C@@H]2O[C@@H](CO)[C@H](O)[C@H](O)[C@@H]2O)NC(=O)[C@H]([C@H](O)[C@@H]2C[NH+]=C(N)N2)NC(=O)[C@@H](Cc2ccc(O[C@@H]3O[C@H](CO)[C@H](O[C@@H]4O[C@@H](COC=C(c5ccccc5)c5ccccc5)[C@H](O)[C@H](O)[C@@H]4O)[C@@H](O)[C@H]3O)cc2)NC1=O. The number of aliphatic hydroxyl groups excluding tert-OH is 14. The molecule has 37 nitrogen and oxygen atoms in total. The summed E-state index contributed by atoms with van der Waals surface area (Å²) in [5.74, 6) is -8.55. The molecule has 3 fully saturated rings. The highest BCUT2D eigenvalue weighted by molar-refractivity contribution is 5.97. The molecule has 4 aromatic carbocycles. The molecule has 4 aromatic rings. The zero-order valence-corrected chi connectivity index (χ0v) is 56.4. The van der Waals surface area contributed by atoms with Crippen molar-refractivity contribution >= 4 is 52.9 Å². The summed E-state index contributed by atoms with van der Waals surface area (Å²) in [6.45, 7) is -3.20. The summed E-state index contributed by atoms with van der Waals surface area (Å²) in [6, 6.07) is 19.6. The Hall–Kier alpha value is -9.10. The molecule has 10 rings (SSSR count). The summed E-state index contributed by atoms with van der Waals surface area (Å²) >= 11 is 0. The van der Waals surface area contributed by atoms with Crippen LogP contribution in [0.5, 0.6) is 5.75 Å². The first-order valence-electron chi connectivity index (χ1n) is 33.8. The molecule has 6 heterocycles. The van der Waals surface area contributed by atoms with E-state index in [1.807, 2.05) is 60.7 Å². The van der Waals surface area contributed by atoms with E-state index in [2.05, 4.69) is 46.9 Å². The van der Waals surface area contributed by atoms with E-state index in [4.69, 9.17) is 39.9 Å². The molecule has 0 bridgehead atoms.